The smallest absolute Gasteiger partial charge is 0.322 e. The van der Waals surface area contributed by atoms with Gasteiger partial charge in [0, 0.05) is 37.9 Å². The quantitative estimate of drug-likeness (QED) is 0.768. The van der Waals surface area contributed by atoms with Crippen LogP contribution >= 0.6 is 0 Å². The van der Waals surface area contributed by atoms with Gasteiger partial charge in [-0.05, 0) is 6.07 Å². The molecule has 94 valence electrons. The van der Waals surface area contributed by atoms with Crippen molar-refractivity contribution in [2.45, 2.75) is 12.6 Å². The summed E-state index contributed by atoms with van der Waals surface area (Å²) in [4.78, 5) is 17.0. The van der Waals surface area contributed by atoms with Gasteiger partial charge in [-0.15, -0.1) is 0 Å². The summed E-state index contributed by atoms with van der Waals surface area (Å²) in [6.07, 6.45) is 1.56. The fraction of sp³-hybridized carbons (Fsp3) is 0.417. The molecule has 1 aromatic heterocycles. The minimum atomic E-state index is -0.843. The van der Waals surface area contributed by atoms with Gasteiger partial charge in [0.15, 0.2) is 0 Å². The number of aliphatic carboxylic acids is 1. The van der Waals surface area contributed by atoms with Gasteiger partial charge in [-0.3, -0.25) is 9.69 Å². The van der Waals surface area contributed by atoms with Gasteiger partial charge in [-0.2, -0.15) is 5.26 Å². The molecule has 1 atom stereocenters. The van der Waals surface area contributed by atoms with E-state index < -0.39 is 12.0 Å². The average molecular weight is 246 g/mol. The van der Waals surface area contributed by atoms with E-state index in [-0.39, 0.29) is 0 Å². The molecule has 1 aliphatic heterocycles. The van der Waals surface area contributed by atoms with E-state index in [0.29, 0.717) is 25.3 Å². The van der Waals surface area contributed by atoms with Crippen LogP contribution in [0.2, 0.25) is 0 Å². The highest BCUT2D eigenvalue weighted by atomic mass is 16.4. The topological polar surface area (TPSA) is 89.3 Å². The first-order valence-electron chi connectivity index (χ1n) is 5.74. The Hall–Kier alpha value is -1.97. The number of carboxylic acids is 1. The standard InChI is InChI=1S/C12H14N4O2/c13-6-10-9(2-1-3-15-10)8-16-5-4-14-7-11(16)12(17)18/h1-3,11,14H,4-5,7-8H2,(H,17,18). The Bertz CT molecular complexity index is 483. The van der Waals surface area contributed by atoms with Gasteiger partial charge in [0.1, 0.15) is 17.8 Å². The number of pyridine rings is 1. The largest absolute Gasteiger partial charge is 0.480 e. The van der Waals surface area contributed by atoms with Crippen LogP contribution in [0.4, 0.5) is 0 Å². The Labute approximate surface area is 105 Å². The summed E-state index contributed by atoms with van der Waals surface area (Å²) in [6, 6.07) is 5.05. The highest BCUT2D eigenvalue weighted by molar-refractivity contribution is 5.74. The molecule has 0 aromatic carbocycles. The molecule has 1 unspecified atom stereocenters. The molecule has 0 amide bonds. The van der Waals surface area contributed by atoms with Gasteiger partial charge in [-0.1, -0.05) is 6.07 Å². The summed E-state index contributed by atoms with van der Waals surface area (Å²) in [5.41, 5.74) is 1.13. The Morgan fingerprint density at radius 3 is 3.28 bits per heavy atom. The molecular weight excluding hydrogens is 232 g/mol. The zero-order valence-electron chi connectivity index (χ0n) is 9.83. The van der Waals surface area contributed by atoms with Crippen molar-refractivity contribution in [1.29, 1.82) is 5.26 Å². The summed E-state index contributed by atoms with van der Waals surface area (Å²) >= 11 is 0. The van der Waals surface area contributed by atoms with E-state index in [4.69, 9.17) is 10.4 Å². The van der Waals surface area contributed by atoms with Crippen LogP contribution in [0.5, 0.6) is 0 Å². The van der Waals surface area contributed by atoms with E-state index in [1.165, 1.54) is 0 Å². The fourth-order valence-electron chi connectivity index (χ4n) is 2.06. The fourth-order valence-corrected chi connectivity index (χ4v) is 2.06. The minimum absolute atomic E-state index is 0.361. The maximum Gasteiger partial charge on any atom is 0.322 e. The van der Waals surface area contributed by atoms with Crippen molar-refractivity contribution < 1.29 is 9.90 Å². The van der Waals surface area contributed by atoms with Crippen molar-refractivity contribution >= 4 is 5.97 Å². The molecule has 0 spiro atoms. The van der Waals surface area contributed by atoms with Crippen LogP contribution in [0.25, 0.3) is 0 Å². The highest BCUT2D eigenvalue weighted by Gasteiger charge is 2.28. The molecule has 1 aromatic rings. The third kappa shape index (κ3) is 2.64. The number of nitriles is 1. The van der Waals surface area contributed by atoms with E-state index in [2.05, 4.69) is 10.3 Å². The Morgan fingerprint density at radius 2 is 2.56 bits per heavy atom. The predicted molar refractivity (Wildman–Crippen MR) is 63.7 cm³/mol. The second kappa shape index (κ2) is 5.58. The molecule has 1 saturated heterocycles. The molecule has 2 N–H and O–H groups in total. The number of nitrogens with zero attached hydrogens (tertiary/aromatic N) is 3. The van der Waals surface area contributed by atoms with Gasteiger partial charge in [-0.25, -0.2) is 4.98 Å². The van der Waals surface area contributed by atoms with Crippen LogP contribution in [0, 0.1) is 11.3 Å². The molecule has 6 heteroatoms. The Morgan fingerprint density at radius 1 is 1.72 bits per heavy atom. The lowest BCUT2D eigenvalue weighted by Gasteiger charge is -2.33. The van der Waals surface area contributed by atoms with Gasteiger partial charge < -0.3 is 10.4 Å². The third-order valence-electron chi connectivity index (χ3n) is 3.01. The molecule has 2 heterocycles. The van der Waals surface area contributed by atoms with Crippen LogP contribution in [-0.4, -0.2) is 46.6 Å². The summed E-state index contributed by atoms with van der Waals surface area (Å²) in [5.74, 6) is -0.843. The Balaban J connectivity index is 2.16. The molecule has 0 aliphatic carbocycles. The van der Waals surface area contributed by atoms with Gasteiger partial charge in [0.2, 0.25) is 0 Å². The van der Waals surface area contributed by atoms with Gasteiger partial charge >= 0.3 is 5.97 Å². The minimum Gasteiger partial charge on any atom is -0.480 e. The number of carbonyl (C=O) groups is 1. The van der Waals surface area contributed by atoms with Crippen LogP contribution in [0.15, 0.2) is 18.3 Å². The number of carboxylic acid groups (broad SMARTS) is 1. The zero-order valence-corrected chi connectivity index (χ0v) is 9.83. The van der Waals surface area contributed by atoms with Crippen molar-refractivity contribution in [1.82, 2.24) is 15.2 Å². The average Bonchev–Trinajstić information content (AvgIpc) is 2.40. The molecule has 18 heavy (non-hydrogen) atoms. The van der Waals surface area contributed by atoms with Gasteiger partial charge in [0.05, 0.1) is 0 Å². The zero-order chi connectivity index (χ0) is 13.0. The van der Waals surface area contributed by atoms with Crippen molar-refractivity contribution in [3.63, 3.8) is 0 Å². The third-order valence-corrected chi connectivity index (χ3v) is 3.01. The molecule has 1 fully saturated rings. The number of aromatic nitrogens is 1. The summed E-state index contributed by atoms with van der Waals surface area (Å²) in [7, 11) is 0. The van der Waals surface area contributed by atoms with Gasteiger partial charge in [0.25, 0.3) is 0 Å². The molecule has 6 nitrogen and oxygen atoms in total. The van der Waals surface area contributed by atoms with Crippen molar-refractivity contribution in [2.75, 3.05) is 19.6 Å². The monoisotopic (exact) mass is 246 g/mol. The number of piperazine rings is 1. The predicted octanol–water partition coefficient (Wildman–Crippen LogP) is -0.188. The van der Waals surface area contributed by atoms with E-state index in [0.717, 1.165) is 12.1 Å². The van der Waals surface area contributed by atoms with Crippen molar-refractivity contribution in [3.05, 3.63) is 29.6 Å². The summed E-state index contributed by atoms with van der Waals surface area (Å²) in [5, 5.41) is 21.2. The number of hydrogen-bond donors (Lipinski definition) is 2. The summed E-state index contributed by atoms with van der Waals surface area (Å²) < 4.78 is 0. The van der Waals surface area contributed by atoms with Crippen LogP contribution in [0.3, 0.4) is 0 Å². The summed E-state index contributed by atoms with van der Waals surface area (Å²) in [6.45, 7) is 2.27. The lowest BCUT2D eigenvalue weighted by Crippen LogP contribution is -2.54. The number of rotatable bonds is 3. The van der Waals surface area contributed by atoms with E-state index in [1.54, 1.807) is 12.3 Å². The normalized spacial score (nSPS) is 20.3. The molecule has 1 aliphatic rings. The van der Waals surface area contributed by atoms with E-state index in [1.807, 2.05) is 17.0 Å². The highest BCUT2D eigenvalue weighted by Crippen LogP contribution is 2.12. The second-order valence-electron chi connectivity index (χ2n) is 4.15. The van der Waals surface area contributed by atoms with E-state index >= 15 is 0 Å². The van der Waals surface area contributed by atoms with Crippen LogP contribution in [0.1, 0.15) is 11.3 Å². The van der Waals surface area contributed by atoms with Crippen molar-refractivity contribution in [2.24, 2.45) is 0 Å². The number of hydrogen-bond acceptors (Lipinski definition) is 5. The maximum atomic E-state index is 11.1. The first-order chi connectivity index (χ1) is 8.72. The molecular formula is C12H14N4O2. The number of nitrogens with one attached hydrogen (secondary N) is 1. The van der Waals surface area contributed by atoms with Crippen molar-refractivity contribution in [3.8, 4) is 6.07 Å². The lowest BCUT2D eigenvalue weighted by molar-refractivity contribution is -0.144. The first-order valence-corrected chi connectivity index (χ1v) is 5.74. The molecule has 2 rings (SSSR count). The maximum absolute atomic E-state index is 11.1. The SMILES string of the molecule is N#Cc1ncccc1CN1CCNCC1C(=O)O. The lowest BCUT2D eigenvalue weighted by atomic mass is 10.1. The molecule has 0 bridgehead atoms. The van der Waals surface area contributed by atoms with Crippen LogP contribution < -0.4 is 5.32 Å². The first kappa shape index (κ1) is 12.5. The second-order valence-corrected chi connectivity index (χ2v) is 4.15. The Kier molecular flexibility index (Phi) is 3.87. The molecule has 0 saturated carbocycles. The van der Waals surface area contributed by atoms with Crippen LogP contribution in [-0.2, 0) is 11.3 Å². The molecule has 0 radical (unpaired) electrons. The van der Waals surface area contributed by atoms with E-state index in [9.17, 15) is 4.79 Å².